The molecule has 2 aromatic heterocycles. The van der Waals surface area contributed by atoms with Gasteiger partial charge in [0.1, 0.15) is 5.69 Å². The van der Waals surface area contributed by atoms with Gasteiger partial charge >= 0.3 is 0 Å². The lowest BCUT2D eigenvalue weighted by atomic mass is 10.1. The zero-order chi connectivity index (χ0) is 21.3. The number of fused-ring (bicyclic) bond motifs is 1. The SMILES string of the molecule is CN(C(=O)c1cn2c(-c3ccc(C(F)F)cc3)cnc2cn1)c1ccc(C#N)cc1. The highest BCUT2D eigenvalue weighted by Gasteiger charge is 2.17. The van der Waals surface area contributed by atoms with Crippen LogP contribution in [0.15, 0.2) is 67.1 Å². The first-order valence-corrected chi connectivity index (χ1v) is 8.98. The van der Waals surface area contributed by atoms with Crippen LogP contribution in [0.25, 0.3) is 16.9 Å². The zero-order valence-corrected chi connectivity index (χ0v) is 15.8. The number of hydrogen-bond acceptors (Lipinski definition) is 4. The summed E-state index contributed by atoms with van der Waals surface area (Å²) in [5.41, 5.74) is 3.13. The van der Waals surface area contributed by atoms with Gasteiger partial charge in [0.05, 0.1) is 29.7 Å². The van der Waals surface area contributed by atoms with Crippen LogP contribution in [-0.2, 0) is 0 Å². The molecule has 0 radical (unpaired) electrons. The number of carbonyl (C=O) groups excluding carboxylic acids is 1. The van der Waals surface area contributed by atoms with Gasteiger partial charge in [-0.25, -0.2) is 18.7 Å². The van der Waals surface area contributed by atoms with E-state index in [9.17, 15) is 13.6 Å². The van der Waals surface area contributed by atoms with Crippen molar-refractivity contribution in [2.45, 2.75) is 6.43 Å². The molecule has 4 aromatic rings. The van der Waals surface area contributed by atoms with Crippen LogP contribution in [0.3, 0.4) is 0 Å². The molecule has 0 aliphatic heterocycles. The minimum Gasteiger partial charge on any atom is -0.310 e. The molecule has 6 nitrogen and oxygen atoms in total. The van der Waals surface area contributed by atoms with E-state index in [1.54, 1.807) is 60.2 Å². The molecule has 8 heteroatoms. The average Bonchev–Trinajstić information content (AvgIpc) is 3.21. The van der Waals surface area contributed by atoms with Crippen LogP contribution in [0.1, 0.15) is 28.0 Å². The number of anilines is 1. The second-order valence-electron chi connectivity index (χ2n) is 6.59. The predicted octanol–water partition coefficient (Wildman–Crippen LogP) is 4.48. The number of alkyl halides is 2. The number of carbonyl (C=O) groups is 1. The Morgan fingerprint density at radius 2 is 1.77 bits per heavy atom. The Bertz CT molecular complexity index is 1260. The molecule has 2 aromatic carbocycles. The standard InChI is InChI=1S/C22H15F2N5O/c1-28(17-8-2-14(10-25)3-9-17)22(30)18-13-29-19(11-27-20(29)12-26-18)15-4-6-16(7-5-15)21(23)24/h2-9,11-13,21H,1H3. The van der Waals surface area contributed by atoms with Crippen molar-refractivity contribution in [3.8, 4) is 17.3 Å². The fourth-order valence-electron chi connectivity index (χ4n) is 3.06. The van der Waals surface area contributed by atoms with Crippen molar-refractivity contribution in [2.75, 3.05) is 11.9 Å². The van der Waals surface area contributed by atoms with E-state index >= 15 is 0 Å². The molecule has 0 fully saturated rings. The summed E-state index contributed by atoms with van der Waals surface area (Å²) in [4.78, 5) is 22.8. The second-order valence-corrected chi connectivity index (χ2v) is 6.59. The van der Waals surface area contributed by atoms with Crippen molar-refractivity contribution in [1.29, 1.82) is 5.26 Å². The number of rotatable bonds is 4. The van der Waals surface area contributed by atoms with Gasteiger partial charge in [0.2, 0.25) is 0 Å². The molecular formula is C22H15F2N5O. The molecule has 0 unspecified atom stereocenters. The maximum atomic E-state index is 12.9. The van der Waals surface area contributed by atoms with Gasteiger partial charge in [-0.2, -0.15) is 5.26 Å². The molecule has 0 aliphatic carbocycles. The van der Waals surface area contributed by atoms with Crippen molar-refractivity contribution < 1.29 is 13.6 Å². The van der Waals surface area contributed by atoms with E-state index in [-0.39, 0.29) is 17.2 Å². The maximum absolute atomic E-state index is 12.9. The summed E-state index contributed by atoms with van der Waals surface area (Å²) in [7, 11) is 1.62. The first-order chi connectivity index (χ1) is 14.5. The zero-order valence-electron chi connectivity index (χ0n) is 15.8. The smallest absolute Gasteiger partial charge is 0.278 e. The van der Waals surface area contributed by atoms with Crippen molar-refractivity contribution in [3.63, 3.8) is 0 Å². The van der Waals surface area contributed by atoms with Gasteiger partial charge < -0.3 is 4.90 Å². The predicted molar refractivity (Wildman–Crippen MR) is 107 cm³/mol. The lowest BCUT2D eigenvalue weighted by molar-refractivity contribution is 0.0987. The molecule has 0 N–H and O–H groups in total. The van der Waals surface area contributed by atoms with Gasteiger partial charge in [-0.1, -0.05) is 24.3 Å². The highest BCUT2D eigenvalue weighted by Crippen LogP contribution is 2.25. The Balaban J connectivity index is 1.68. The Morgan fingerprint density at radius 1 is 1.07 bits per heavy atom. The first-order valence-electron chi connectivity index (χ1n) is 8.98. The van der Waals surface area contributed by atoms with Gasteiger partial charge in [0.15, 0.2) is 5.65 Å². The monoisotopic (exact) mass is 403 g/mol. The molecule has 1 amide bonds. The third-order valence-electron chi connectivity index (χ3n) is 4.76. The lowest BCUT2D eigenvalue weighted by Gasteiger charge is -2.17. The Kier molecular flexibility index (Phi) is 4.94. The Hall–Kier alpha value is -4.12. The molecule has 0 spiro atoms. The molecular weight excluding hydrogens is 388 g/mol. The largest absolute Gasteiger partial charge is 0.310 e. The molecule has 0 bridgehead atoms. The number of nitrogens with zero attached hydrogens (tertiary/aromatic N) is 5. The Labute approximate surface area is 170 Å². The van der Waals surface area contributed by atoms with Gasteiger partial charge in [0, 0.05) is 30.1 Å². The van der Waals surface area contributed by atoms with E-state index in [0.29, 0.717) is 28.2 Å². The quantitative estimate of drug-likeness (QED) is 0.503. The van der Waals surface area contributed by atoms with Gasteiger partial charge in [-0.3, -0.25) is 9.20 Å². The van der Waals surface area contributed by atoms with Crippen LogP contribution in [0.4, 0.5) is 14.5 Å². The van der Waals surface area contributed by atoms with Crippen LogP contribution in [0.5, 0.6) is 0 Å². The van der Waals surface area contributed by atoms with E-state index in [1.807, 2.05) is 6.07 Å². The van der Waals surface area contributed by atoms with Crippen LogP contribution >= 0.6 is 0 Å². The summed E-state index contributed by atoms with van der Waals surface area (Å²) in [5.74, 6) is -0.339. The van der Waals surface area contributed by atoms with E-state index in [2.05, 4.69) is 9.97 Å². The second kappa shape index (κ2) is 7.72. The normalized spacial score (nSPS) is 10.9. The minimum absolute atomic E-state index is 0.0610. The lowest BCUT2D eigenvalue weighted by Crippen LogP contribution is -2.27. The van der Waals surface area contributed by atoms with Gasteiger partial charge in [-0.15, -0.1) is 0 Å². The summed E-state index contributed by atoms with van der Waals surface area (Å²) in [6.45, 7) is 0. The van der Waals surface area contributed by atoms with Crippen molar-refractivity contribution in [2.24, 2.45) is 0 Å². The Morgan fingerprint density at radius 3 is 2.40 bits per heavy atom. The third-order valence-corrected chi connectivity index (χ3v) is 4.76. The van der Waals surface area contributed by atoms with Crippen molar-refractivity contribution in [1.82, 2.24) is 14.4 Å². The topological polar surface area (TPSA) is 74.3 Å². The van der Waals surface area contributed by atoms with Crippen LogP contribution in [0, 0.1) is 11.3 Å². The molecule has 0 atom stereocenters. The van der Waals surface area contributed by atoms with E-state index in [4.69, 9.17) is 5.26 Å². The van der Waals surface area contributed by atoms with Crippen LogP contribution in [0.2, 0.25) is 0 Å². The molecule has 0 aliphatic rings. The van der Waals surface area contributed by atoms with E-state index < -0.39 is 6.43 Å². The molecule has 0 saturated heterocycles. The molecule has 148 valence electrons. The summed E-state index contributed by atoms with van der Waals surface area (Å²) < 4.78 is 27.3. The molecule has 2 heterocycles. The first kappa shape index (κ1) is 19.2. The summed E-state index contributed by atoms with van der Waals surface area (Å²) in [5, 5.41) is 8.91. The highest BCUT2D eigenvalue weighted by molar-refractivity contribution is 6.04. The number of halogens is 2. The van der Waals surface area contributed by atoms with E-state index in [0.717, 1.165) is 0 Å². The number of imidazole rings is 1. The van der Waals surface area contributed by atoms with Gasteiger partial charge in [-0.05, 0) is 24.3 Å². The van der Waals surface area contributed by atoms with Crippen LogP contribution in [-0.4, -0.2) is 27.3 Å². The number of amides is 1. The van der Waals surface area contributed by atoms with Gasteiger partial charge in [0.25, 0.3) is 12.3 Å². The molecule has 30 heavy (non-hydrogen) atoms. The molecule has 4 rings (SSSR count). The van der Waals surface area contributed by atoms with Crippen molar-refractivity contribution >= 4 is 17.2 Å². The fourth-order valence-corrected chi connectivity index (χ4v) is 3.06. The summed E-state index contributed by atoms with van der Waals surface area (Å²) >= 11 is 0. The number of benzene rings is 2. The fraction of sp³-hybridized carbons (Fsp3) is 0.0909. The third kappa shape index (κ3) is 3.49. The van der Waals surface area contributed by atoms with E-state index in [1.165, 1.54) is 23.2 Å². The average molecular weight is 403 g/mol. The number of nitriles is 1. The highest BCUT2D eigenvalue weighted by atomic mass is 19.3. The summed E-state index contributed by atoms with van der Waals surface area (Å²) in [6.07, 6.45) is 2.12. The maximum Gasteiger partial charge on any atom is 0.278 e. The van der Waals surface area contributed by atoms with Crippen LogP contribution < -0.4 is 4.90 Å². The molecule has 0 saturated carbocycles. The number of hydrogen-bond donors (Lipinski definition) is 0. The number of aromatic nitrogens is 3. The summed E-state index contributed by atoms with van der Waals surface area (Å²) in [6, 6.07) is 14.6. The van der Waals surface area contributed by atoms with Crippen molar-refractivity contribution in [3.05, 3.63) is 83.9 Å². The minimum atomic E-state index is -2.53.